The molecule has 1 heterocycles. The van der Waals surface area contributed by atoms with Crippen molar-refractivity contribution in [2.75, 3.05) is 38.6 Å². The minimum absolute atomic E-state index is 0. The maximum Gasteiger partial charge on any atom is 0.243 e. The van der Waals surface area contributed by atoms with Crippen molar-refractivity contribution in [1.82, 2.24) is 15.5 Å². The molecule has 2 N–H and O–H groups in total. The maximum absolute atomic E-state index is 11.8. The molecule has 9 heteroatoms. The summed E-state index contributed by atoms with van der Waals surface area (Å²) < 4.78 is 0. The highest BCUT2D eigenvalue weighted by Crippen LogP contribution is 2.29. The molecule has 27 heavy (non-hydrogen) atoms. The fourth-order valence-corrected chi connectivity index (χ4v) is 3.12. The molecular weight excluding hydrogens is 500 g/mol. The minimum atomic E-state index is -0.00856. The van der Waals surface area contributed by atoms with Gasteiger partial charge in [-0.3, -0.25) is 4.79 Å². The van der Waals surface area contributed by atoms with Gasteiger partial charge in [-0.05, 0) is 37.5 Å². The first kappa shape index (κ1) is 22.4. The molecular formula is C18H26Cl2IN5O. The fraction of sp³-hybridized carbons (Fsp3) is 0.556. The van der Waals surface area contributed by atoms with E-state index in [4.69, 9.17) is 23.2 Å². The SMILES string of the molecule is CN(C)C(=O)CN=C(NC1CC1)NC1CCN(c2ccc(Cl)c(Cl)c2)C1.I. The van der Waals surface area contributed by atoms with Gasteiger partial charge < -0.3 is 20.4 Å². The molecule has 150 valence electrons. The van der Waals surface area contributed by atoms with Crippen LogP contribution in [0.25, 0.3) is 0 Å². The Kier molecular flexibility index (Phi) is 8.30. The van der Waals surface area contributed by atoms with Crippen LogP contribution in [0, 0.1) is 0 Å². The van der Waals surface area contributed by atoms with Crippen LogP contribution < -0.4 is 15.5 Å². The monoisotopic (exact) mass is 525 g/mol. The van der Waals surface area contributed by atoms with Crippen molar-refractivity contribution in [2.45, 2.75) is 31.3 Å². The summed E-state index contributed by atoms with van der Waals surface area (Å²) in [6.45, 7) is 1.94. The molecule has 0 aromatic heterocycles. The lowest BCUT2D eigenvalue weighted by atomic mass is 10.2. The lowest BCUT2D eigenvalue weighted by Gasteiger charge is -2.21. The first-order valence-corrected chi connectivity index (χ1v) is 9.65. The first-order chi connectivity index (χ1) is 12.4. The smallest absolute Gasteiger partial charge is 0.243 e. The summed E-state index contributed by atoms with van der Waals surface area (Å²) >= 11 is 12.1. The van der Waals surface area contributed by atoms with Gasteiger partial charge in [-0.1, -0.05) is 23.2 Å². The summed E-state index contributed by atoms with van der Waals surface area (Å²) in [6, 6.07) is 6.46. The van der Waals surface area contributed by atoms with Crippen LogP contribution in [0.4, 0.5) is 5.69 Å². The molecule has 1 aliphatic carbocycles. The summed E-state index contributed by atoms with van der Waals surface area (Å²) in [4.78, 5) is 20.1. The van der Waals surface area contributed by atoms with Crippen molar-refractivity contribution in [2.24, 2.45) is 4.99 Å². The van der Waals surface area contributed by atoms with Crippen LogP contribution in [0.2, 0.25) is 10.0 Å². The van der Waals surface area contributed by atoms with Crippen molar-refractivity contribution in [3.8, 4) is 0 Å². The van der Waals surface area contributed by atoms with Gasteiger partial charge >= 0.3 is 0 Å². The van der Waals surface area contributed by atoms with Gasteiger partial charge in [-0.25, -0.2) is 4.99 Å². The van der Waals surface area contributed by atoms with E-state index in [0.29, 0.717) is 16.1 Å². The molecule has 2 aliphatic rings. The molecule has 1 amide bonds. The van der Waals surface area contributed by atoms with Crippen LogP contribution >= 0.6 is 47.2 Å². The summed E-state index contributed by atoms with van der Waals surface area (Å²) in [7, 11) is 3.48. The number of carbonyl (C=O) groups is 1. The topological polar surface area (TPSA) is 60.0 Å². The lowest BCUT2D eigenvalue weighted by Crippen LogP contribution is -2.46. The Hall–Kier alpha value is -0.930. The van der Waals surface area contributed by atoms with Gasteiger partial charge in [0.05, 0.1) is 10.0 Å². The second-order valence-electron chi connectivity index (χ2n) is 7.05. The summed E-state index contributed by atoms with van der Waals surface area (Å²) in [5.41, 5.74) is 1.07. The molecule has 0 radical (unpaired) electrons. The number of aliphatic imine (C=N–C) groups is 1. The lowest BCUT2D eigenvalue weighted by molar-refractivity contribution is -0.127. The summed E-state index contributed by atoms with van der Waals surface area (Å²) in [5.74, 6) is 0.717. The van der Waals surface area contributed by atoms with Crippen molar-refractivity contribution in [1.29, 1.82) is 0 Å². The number of anilines is 1. The fourth-order valence-electron chi connectivity index (χ4n) is 2.83. The van der Waals surface area contributed by atoms with E-state index in [1.807, 2.05) is 18.2 Å². The Balaban J connectivity index is 0.00000261. The number of nitrogens with zero attached hydrogens (tertiary/aromatic N) is 3. The van der Waals surface area contributed by atoms with Crippen molar-refractivity contribution in [3.63, 3.8) is 0 Å². The van der Waals surface area contributed by atoms with Gasteiger partial charge in [0.25, 0.3) is 0 Å². The van der Waals surface area contributed by atoms with Crippen molar-refractivity contribution in [3.05, 3.63) is 28.2 Å². The standard InChI is InChI=1S/C18H25Cl2N5O.HI/c1-24(2)17(26)10-21-18(22-12-3-4-12)23-13-7-8-25(11-13)14-5-6-15(19)16(20)9-14;/h5-6,9,12-13H,3-4,7-8,10-11H2,1-2H3,(H2,21,22,23);1H. The molecule has 1 saturated heterocycles. The third kappa shape index (κ3) is 6.57. The summed E-state index contributed by atoms with van der Waals surface area (Å²) in [6.07, 6.45) is 3.30. The highest BCUT2D eigenvalue weighted by atomic mass is 127. The molecule has 2 fully saturated rings. The van der Waals surface area contributed by atoms with E-state index in [-0.39, 0.29) is 42.5 Å². The molecule has 1 saturated carbocycles. The molecule has 0 spiro atoms. The quantitative estimate of drug-likeness (QED) is 0.352. The highest BCUT2D eigenvalue weighted by molar-refractivity contribution is 14.0. The number of benzene rings is 1. The molecule has 0 bridgehead atoms. The second-order valence-corrected chi connectivity index (χ2v) is 7.86. The van der Waals surface area contributed by atoms with Gasteiger partial charge in [0, 0.05) is 45.0 Å². The van der Waals surface area contributed by atoms with E-state index >= 15 is 0 Å². The van der Waals surface area contributed by atoms with Crippen LogP contribution in [0.15, 0.2) is 23.2 Å². The Morgan fingerprint density at radius 2 is 1.89 bits per heavy atom. The van der Waals surface area contributed by atoms with Crippen molar-refractivity contribution >= 4 is 64.7 Å². The molecule has 1 unspecified atom stereocenters. The average molecular weight is 526 g/mol. The number of nitrogens with one attached hydrogen (secondary N) is 2. The molecule has 6 nitrogen and oxygen atoms in total. The number of rotatable bonds is 5. The number of carbonyl (C=O) groups excluding carboxylic acids is 1. The summed E-state index contributed by atoms with van der Waals surface area (Å²) in [5, 5.41) is 8.01. The van der Waals surface area contributed by atoms with Crippen LogP contribution in [0.1, 0.15) is 19.3 Å². The van der Waals surface area contributed by atoms with E-state index in [1.165, 1.54) is 0 Å². The van der Waals surface area contributed by atoms with Gasteiger partial charge in [0.2, 0.25) is 5.91 Å². The molecule has 1 aliphatic heterocycles. The Bertz CT molecular complexity index is 696. The number of hydrogen-bond acceptors (Lipinski definition) is 3. The van der Waals surface area contributed by atoms with Crippen LogP contribution in [-0.4, -0.2) is 62.6 Å². The average Bonchev–Trinajstić information content (AvgIpc) is 3.30. The molecule has 1 atom stereocenters. The van der Waals surface area contributed by atoms with Gasteiger partial charge in [-0.2, -0.15) is 0 Å². The molecule has 3 rings (SSSR count). The van der Waals surface area contributed by atoms with Crippen molar-refractivity contribution < 1.29 is 4.79 Å². The van der Waals surface area contributed by atoms with Crippen LogP contribution in [-0.2, 0) is 4.79 Å². The van der Waals surface area contributed by atoms with Gasteiger partial charge in [-0.15, -0.1) is 24.0 Å². The second kappa shape index (κ2) is 10.0. The first-order valence-electron chi connectivity index (χ1n) is 8.90. The van der Waals surface area contributed by atoms with Gasteiger partial charge in [0.1, 0.15) is 6.54 Å². The highest BCUT2D eigenvalue weighted by Gasteiger charge is 2.27. The van der Waals surface area contributed by atoms with E-state index in [1.54, 1.807) is 19.0 Å². The van der Waals surface area contributed by atoms with E-state index in [9.17, 15) is 4.79 Å². The van der Waals surface area contributed by atoms with Crippen LogP contribution in [0.5, 0.6) is 0 Å². The number of halogens is 3. The minimum Gasteiger partial charge on any atom is -0.369 e. The molecule has 1 aromatic rings. The largest absolute Gasteiger partial charge is 0.369 e. The van der Waals surface area contributed by atoms with Gasteiger partial charge in [0.15, 0.2) is 5.96 Å². The number of amides is 1. The normalized spacial score (nSPS) is 19.5. The number of guanidine groups is 1. The Labute approximate surface area is 187 Å². The van der Waals surface area contributed by atoms with Crippen LogP contribution in [0.3, 0.4) is 0 Å². The van der Waals surface area contributed by atoms with E-state index < -0.39 is 0 Å². The predicted octanol–water partition coefficient (Wildman–Crippen LogP) is 2.98. The number of likely N-dealkylation sites (N-methyl/N-ethyl adjacent to an activating group) is 1. The zero-order chi connectivity index (χ0) is 18.7. The Morgan fingerprint density at radius 1 is 1.19 bits per heavy atom. The zero-order valence-electron chi connectivity index (χ0n) is 15.5. The zero-order valence-corrected chi connectivity index (χ0v) is 19.4. The molecule has 1 aromatic carbocycles. The third-order valence-corrected chi connectivity index (χ3v) is 5.33. The van der Waals surface area contributed by atoms with E-state index in [0.717, 1.165) is 44.0 Å². The maximum atomic E-state index is 11.8. The third-order valence-electron chi connectivity index (χ3n) is 4.59. The number of hydrogen-bond donors (Lipinski definition) is 2. The predicted molar refractivity (Wildman–Crippen MR) is 123 cm³/mol. The Morgan fingerprint density at radius 3 is 2.52 bits per heavy atom. The van der Waals surface area contributed by atoms with E-state index in [2.05, 4.69) is 20.5 Å².